The largest absolute Gasteiger partial charge is 0.491 e. The number of aryl methyl sites for hydroxylation is 1. The third-order valence-corrected chi connectivity index (χ3v) is 5.72. The molecule has 0 unspecified atom stereocenters. The van der Waals surface area contributed by atoms with Crippen molar-refractivity contribution >= 4 is 28.8 Å². The number of hydrogen-bond donors (Lipinski definition) is 1. The number of anilines is 2. The SMILES string of the molecule is C/C(=N\c1c(C)ncnc1N1CCc2cc(OC(C)C)ccc21)C(=O)NC1CCOCC1. The van der Waals surface area contributed by atoms with E-state index < -0.39 is 0 Å². The molecule has 1 saturated heterocycles. The van der Waals surface area contributed by atoms with Crippen LogP contribution in [0, 0.1) is 6.92 Å². The van der Waals surface area contributed by atoms with Gasteiger partial charge in [0.25, 0.3) is 5.91 Å². The van der Waals surface area contributed by atoms with Gasteiger partial charge in [-0.15, -0.1) is 0 Å². The topological polar surface area (TPSA) is 88.9 Å². The Morgan fingerprint density at radius 1 is 1.28 bits per heavy atom. The first kappa shape index (κ1) is 22.2. The van der Waals surface area contributed by atoms with Crippen LogP contribution in [0.3, 0.4) is 0 Å². The number of nitrogens with zero attached hydrogens (tertiary/aromatic N) is 4. The summed E-state index contributed by atoms with van der Waals surface area (Å²) in [5.74, 6) is 1.42. The van der Waals surface area contributed by atoms with Crippen molar-refractivity contribution in [1.29, 1.82) is 0 Å². The van der Waals surface area contributed by atoms with E-state index >= 15 is 0 Å². The average molecular weight is 438 g/mol. The van der Waals surface area contributed by atoms with E-state index in [0.717, 1.165) is 42.9 Å². The number of carbonyl (C=O) groups excluding carboxylic acids is 1. The maximum atomic E-state index is 12.7. The van der Waals surface area contributed by atoms with Gasteiger partial charge in [-0.1, -0.05) is 0 Å². The first-order chi connectivity index (χ1) is 15.4. The second-order valence-electron chi connectivity index (χ2n) is 8.55. The standard InChI is InChI=1S/C24H31N5O3/c1-15(2)32-20-5-6-21-18(13-20)7-10-29(21)23-22(16(3)25-14-26-23)27-17(4)24(30)28-19-8-11-31-12-9-19/h5-6,13-15,19H,7-12H2,1-4H3,(H,28,30)/b27-17+. The molecule has 0 saturated carbocycles. The molecule has 1 amide bonds. The third-order valence-electron chi connectivity index (χ3n) is 5.72. The summed E-state index contributed by atoms with van der Waals surface area (Å²) in [7, 11) is 0. The van der Waals surface area contributed by atoms with Crippen LogP contribution in [0.15, 0.2) is 29.5 Å². The minimum Gasteiger partial charge on any atom is -0.491 e. The van der Waals surface area contributed by atoms with Crippen LogP contribution in [-0.4, -0.2) is 53.5 Å². The molecule has 1 aromatic carbocycles. The van der Waals surface area contributed by atoms with Crippen molar-refractivity contribution in [2.24, 2.45) is 4.99 Å². The zero-order chi connectivity index (χ0) is 22.7. The van der Waals surface area contributed by atoms with Crippen LogP contribution in [-0.2, 0) is 16.0 Å². The predicted molar refractivity (Wildman–Crippen MR) is 124 cm³/mol. The molecule has 3 heterocycles. The van der Waals surface area contributed by atoms with Crippen molar-refractivity contribution in [1.82, 2.24) is 15.3 Å². The van der Waals surface area contributed by atoms with Crippen molar-refractivity contribution in [3.8, 4) is 5.75 Å². The lowest BCUT2D eigenvalue weighted by Crippen LogP contribution is -2.41. The van der Waals surface area contributed by atoms with Crippen molar-refractivity contribution in [3.05, 3.63) is 35.8 Å². The van der Waals surface area contributed by atoms with Crippen molar-refractivity contribution in [3.63, 3.8) is 0 Å². The second kappa shape index (κ2) is 9.65. The molecular formula is C24H31N5O3. The molecule has 8 heteroatoms. The van der Waals surface area contributed by atoms with E-state index in [4.69, 9.17) is 9.47 Å². The van der Waals surface area contributed by atoms with Gasteiger partial charge in [0, 0.05) is 31.5 Å². The van der Waals surface area contributed by atoms with E-state index in [1.54, 1.807) is 13.3 Å². The van der Waals surface area contributed by atoms with E-state index in [-0.39, 0.29) is 18.1 Å². The lowest BCUT2D eigenvalue weighted by molar-refractivity contribution is -0.116. The van der Waals surface area contributed by atoms with Gasteiger partial charge in [0.1, 0.15) is 23.5 Å². The van der Waals surface area contributed by atoms with Crippen LogP contribution in [0.2, 0.25) is 0 Å². The highest BCUT2D eigenvalue weighted by molar-refractivity contribution is 6.38. The summed E-state index contributed by atoms with van der Waals surface area (Å²) in [5.41, 5.74) is 4.06. The van der Waals surface area contributed by atoms with E-state index in [2.05, 4.69) is 37.3 Å². The molecule has 2 aliphatic rings. The summed E-state index contributed by atoms with van der Waals surface area (Å²) >= 11 is 0. The van der Waals surface area contributed by atoms with Gasteiger partial charge < -0.3 is 19.7 Å². The number of fused-ring (bicyclic) bond motifs is 1. The van der Waals surface area contributed by atoms with Crippen LogP contribution in [0.1, 0.15) is 44.9 Å². The summed E-state index contributed by atoms with van der Waals surface area (Å²) in [6, 6.07) is 6.27. The molecule has 2 aliphatic heterocycles. The van der Waals surface area contributed by atoms with Gasteiger partial charge >= 0.3 is 0 Å². The maximum absolute atomic E-state index is 12.7. The summed E-state index contributed by atoms with van der Waals surface area (Å²) in [5, 5.41) is 3.07. The monoisotopic (exact) mass is 437 g/mol. The molecule has 4 rings (SSSR count). The first-order valence-corrected chi connectivity index (χ1v) is 11.2. The van der Waals surface area contributed by atoms with E-state index in [9.17, 15) is 4.79 Å². The zero-order valence-corrected chi connectivity index (χ0v) is 19.2. The summed E-state index contributed by atoms with van der Waals surface area (Å²) in [4.78, 5) is 28.4. The normalized spacial score (nSPS) is 16.9. The number of amides is 1. The first-order valence-electron chi connectivity index (χ1n) is 11.2. The van der Waals surface area contributed by atoms with Crippen molar-refractivity contribution in [2.45, 2.75) is 59.1 Å². The van der Waals surface area contributed by atoms with Gasteiger partial charge in [-0.2, -0.15) is 0 Å². The third kappa shape index (κ3) is 4.91. The molecule has 0 bridgehead atoms. The van der Waals surface area contributed by atoms with Crippen LogP contribution < -0.4 is 15.0 Å². The molecule has 8 nitrogen and oxygen atoms in total. The van der Waals surface area contributed by atoms with Crippen LogP contribution in [0.4, 0.5) is 17.2 Å². The van der Waals surface area contributed by atoms with Crippen LogP contribution >= 0.6 is 0 Å². The quantitative estimate of drug-likeness (QED) is 0.694. The number of benzene rings is 1. The summed E-state index contributed by atoms with van der Waals surface area (Å²) in [6.45, 7) is 9.81. The highest BCUT2D eigenvalue weighted by Crippen LogP contribution is 2.40. The average Bonchev–Trinajstić information content (AvgIpc) is 3.18. The number of aromatic nitrogens is 2. The fourth-order valence-corrected chi connectivity index (χ4v) is 4.08. The second-order valence-corrected chi connectivity index (χ2v) is 8.55. The Kier molecular flexibility index (Phi) is 6.69. The van der Waals surface area contributed by atoms with Crippen molar-refractivity contribution < 1.29 is 14.3 Å². The minimum atomic E-state index is -0.164. The predicted octanol–water partition coefficient (Wildman–Crippen LogP) is 3.65. The molecule has 0 atom stereocenters. The number of carbonyl (C=O) groups is 1. The van der Waals surface area contributed by atoms with E-state index in [1.807, 2.05) is 26.8 Å². The molecule has 0 aliphatic carbocycles. The van der Waals surface area contributed by atoms with Gasteiger partial charge in [-0.25, -0.2) is 15.0 Å². The molecule has 1 aromatic heterocycles. The van der Waals surface area contributed by atoms with Crippen LogP contribution in [0.5, 0.6) is 5.75 Å². The Morgan fingerprint density at radius 3 is 2.81 bits per heavy atom. The fraction of sp³-hybridized carbons (Fsp3) is 0.500. The van der Waals surface area contributed by atoms with Gasteiger partial charge in [-0.3, -0.25) is 4.79 Å². The Bertz CT molecular complexity index is 1010. The molecule has 1 fully saturated rings. The number of rotatable bonds is 6. The lowest BCUT2D eigenvalue weighted by Gasteiger charge is -2.23. The van der Waals surface area contributed by atoms with E-state index in [0.29, 0.717) is 30.4 Å². The highest BCUT2D eigenvalue weighted by Gasteiger charge is 2.26. The smallest absolute Gasteiger partial charge is 0.265 e. The number of ether oxygens (including phenoxy) is 2. The molecular weight excluding hydrogens is 406 g/mol. The Labute approximate surface area is 189 Å². The van der Waals surface area contributed by atoms with Gasteiger partial charge in [-0.05, 0) is 70.7 Å². The number of aliphatic imine (C=N–C) groups is 1. The number of hydrogen-bond acceptors (Lipinski definition) is 7. The molecule has 32 heavy (non-hydrogen) atoms. The molecule has 0 spiro atoms. The van der Waals surface area contributed by atoms with Crippen molar-refractivity contribution in [2.75, 3.05) is 24.7 Å². The Hall–Kier alpha value is -3.00. The molecule has 0 radical (unpaired) electrons. The highest BCUT2D eigenvalue weighted by atomic mass is 16.5. The summed E-state index contributed by atoms with van der Waals surface area (Å²) < 4.78 is 11.2. The Balaban J connectivity index is 1.59. The maximum Gasteiger partial charge on any atom is 0.265 e. The molecule has 170 valence electrons. The van der Waals surface area contributed by atoms with Crippen LogP contribution in [0.25, 0.3) is 0 Å². The molecule has 1 N–H and O–H groups in total. The Morgan fingerprint density at radius 2 is 2.06 bits per heavy atom. The van der Waals surface area contributed by atoms with Gasteiger partial charge in [0.2, 0.25) is 0 Å². The lowest BCUT2D eigenvalue weighted by atomic mass is 10.1. The fourth-order valence-electron chi connectivity index (χ4n) is 4.08. The van der Waals surface area contributed by atoms with E-state index in [1.165, 1.54) is 5.56 Å². The van der Waals surface area contributed by atoms with Gasteiger partial charge in [0.05, 0.1) is 11.8 Å². The number of nitrogens with one attached hydrogen (secondary N) is 1. The zero-order valence-electron chi connectivity index (χ0n) is 19.2. The molecule has 2 aromatic rings. The van der Waals surface area contributed by atoms with Gasteiger partial charge in [0.15, 0.2) is 5.82 Å². The minimum absolute atomic E-state index is 0.127. The summed E-state index contributed by atoms with van der Waals surface area (Å²) in [6.07, 6.45) is 4.22.